The second kappa shape index (κ2) is 8.38. The van der Waals surface area contributed by atoms with Gasteiger partial charge in [0.1, 0.15) is 12.4 Å². The lowest BCUT2D eigenvalue weighted by Gasteiger charge is -2.11. The Hall–Kier alpha value is -3.02. The van der Waals surface area contributed by atoms with Crippen LogP contribution in [-0.4, -0.2) is 9.97 Å². The predicted octanol–water partition coefficient (Wildman–Crippen LogP) is 4.51. The molecule has 0 radical (unpaired) electrons. The summed E-state index contributed by atoms with van der Waals surface area (Å²) >= 11 is 0. The molecule has 1 N–H and O–H groups in total. The number of hydrogen-bond donors (Lipinski definition) is 1. The maximum absolute atomic E-state index is 14.0. The highest BCUT2D eigenvalue weighted by molar-refractivity contribution is 5.39. The van der Waals surface area contributed by atoms with Crippen molar-refractivity contribution in [2.75, 3.05) is 5.32 Å². The first-order chi connectivity index (χ1) is 12.7. The highest BCUT2D eigenvalue weighted by Gasteiger charge is 2.09. The second-order valence-corrected chi connectivity index (χ2v) is 5.74. The number of hydrogen-bond acceptors (Lipinski definition) is 4. The van der Waals surface area contributed by atoms with Crippen molar-refractivity contribution in [3.63, 3.8) is 0 Å². The summed E-state index contributed by atoms with van der Waals surface area (Å²) in [4.78, 5) is 7.92. The molecule has 0 unspecified atom stereocenters. The molecule has 0 saturated heterocycles. The molecular weight excluding hydrogens is 336 g/mol. The van der Waals surface area contributed by atoms with Crippen molar-refractivity contribution in [2.45, 2.75) is 26.5 Å². The normalized spacial score (nSPS) is 10.6. The smallest absolute Gasteiger partial charge is 0.318 e. The van der Waals surface area contributed by atoms with E-state index in [1.807, 2.05) is 24.3 Å². The lowest BCUT2D eigenvalue weighted by Crippen LogP contribution is -2.08. The Kier molecular flexibility index (Phi) is 5.73. The monoisotopic (exact) mass is 355 g/mol. The van der Waals surface area contributed by atoms with Gasteiger partial charge in [0.25, 0.3) is 0 Å². The fourth-order valence-corrected chi connectivity index (χ4v) is 2.53. The molecule has 0 amide bonds. The highest BCUT2D eigenvalue weighted by Crippen LogP contribution is 2.17. The highest BCUT2D eigenvalue weighted by atomic mass is 19.1. The third-order valence-electron chi connectivity index (χ3n) is 3.95. The van der Waals surface area contributed by atoms with Crippen LogP contribution >= 0.6 is 0 Å². The van der Waals surface area contributed by atoms with Gasteiger partial charge in [-0.2, -0.15) is 4.98 Å². The molecule has 0 fully saturated rings. The first kappa shape index (κ1) is 17.8. The summed E-state index contributed by atoms with van der Waals surface area (Å²) in [5.41, 5.74) is 3.05. The van der Waals surface area contributed by atoms with Crippen LogP contribution in [0.3, 0.4) is 0 Å². The number of halogens is 2. The van der Waals surface area contributed by atoms with Crippen molar-refractivity contribution >= 4 is 5.82 Å². The molecule has 2 aromatic carbocycles. The van der Waals surface area contributed by atoms with Crippen molar-refractivity contribution in [1.29, 1.82) is 0 Å². The summed E-state index contributed by atoms with van der Waals surface area (Å²) in [5.74, 6) is -0.779. The van der Waals surface area contributed by atoms with Gasteiger partial charge in [0, 0.05) is 6.54 Å². The van der Waals surface area contributed by atoms with Gasteiger partial charge in [0.2, 0.25) is 0 Å². The number of anilines is 1. The number of aromatic nitrogens is 2. The molecule has 3 aromatic rings. The zero-order valence-corrected chi connectivity index (χ0v) is 14.4. The molecule has 3 rings (SSSR count). The zero-order chi connectivity index (χ0) is 18.4. The van der Waals surface area contributed by atoms with Crippen LogP contribution in [0.5, 0.6) is 6.01 Å². The van der Waals surface area contributed by atoms with E-state index in [1.165, 1.54) is 17.7 Å². The van der Waals surface area contributed by atoms with Gasteiger partial charge >= 0.3 is 6.01 Å². The molecule has 0 atom stereocenters. The fourth-order valence-electron chi connectivity index (χ4n) is 2.53. The van der Waals surface area contributed by atoms with Crippen molar-refractivity contribution in [1.82, 2.24) is 9.97 Å². The topological polar surface area (TPSA) is 47.0 Å². The van der Waals surface area contributed by atoms with Gasteiger partial charge in [0.15, 0.2) is 11.6 Å². The molecule has 1 heterocycles. The van der Waals surface area contributed by atoms with E-state index in [0.717, 1.165) is 23.7 Å². The van der Waals surface area contributed by atoms with E-state index in [4.69, 9.17) is 4.74 Å². The number of benzene rings is 2. The van der Waals surface area contributed by atoms with Crippen LogP contribution in [0, 0.1) is 11.6 Å². The first-order valence-corrected chi connectivity index (χ1v) is 8.36. The minimum atomic E-state index is -0.548. The van der Waals surface area contributed by atoms with E-state index in [2.05, 4.69) is 22.2 Å². The van der Waals surface area contributed by atoms with Crippen LogP contribution in [-0.2, 0) is 19.6 Å². The average Bonchev–Trinajstić information content (AvgIpc) is 2.67. The molecule has 0 spiro atoms. The van der Waals surface area contributed by atoms with Crippen molar-refractivity contribution in [2.24, 2.45) is 0 Å². The SMILES string of the molecule is CCc1ccccc1CNc1nc(OCc2ccc(F)cc2)ncc1F. The summed E-state index contributed by atoms with van der Waals surface area (Å²) in [6, 6.07) is 14.0. The standard InChI is InChI=1S/C20H19F2N3O/c1-2-15-5-3-4-6-16(15)11-23-19-18(22)12-24-20(25-19)26-13-14-7-9-17(21)10-8-14/h3-10,12H,2,11,13H2,1H3,(H,23,24,25). The Labute approximate surface area is 150 Å². The van der Waals surface area contributed by atoms with Gasteiger partial charge in [-0.05, 0) is 35.2 Å². The molecule has 0 aliphatic rings. The molecular formula is C20H19F2N3O. The lowest BCUT2D eigenvalue weighted by atomic mass is 10.1. The van der Waals surface area contributed by atoms with E-state index < -0.39 is 5.82 Å². The van der Waals surface area contributed by atoms with Gasteiger partial charge < -0.3 is 10.1 Å². The summed E-state index contributed by atoms with van der Waals surface area (Å²) in [6.07, 6.45) is 1.97. The summed E-state index contributed by atoms with van der Waals surface area (Å²) in [6.45, 7) is 2.70. The third-order valence-corrected chi connectivity index (χ3v) is 3.95. The van der Waals surface area contributed by atoms with E-state index in [0.29, 0.717) is 6.54 Å². The average molecular weight is 355 g/mol. The molecule has 26 heavy (non-hydrogen) atoms. The van der Waals surface area contributed by atoms with Crippen molar-refractivity contribution in [3.8, 4) is 6.01 Å². The lowest BCUT2D eigenvalue weighted by molar-refractivity contribution is 0.279. The molecule has 6 heteroatoms. The number of rotatable bonds is 7. The van der Waals surface area contributed by atoms with Crippen LogP contribution in [0.4, 0.5) is 14.6 Å². The van der Waals surface area contributed by atoms with Crippen LogP contribution < -0.4 is 10.1 Å². The maximum atomic E-state index is 14.0. The largest absolute Gasteiger partial charge is 0.459 e. The summed E-state index contributed by atoms with van der Waals surface area (Å²) < 4.78 is 32.4. The van der Waals surface area contributed by atoms with Gasteiger partial charge in [0.05, 0.1) is 6.20 Å². The van der Waals surface area contributed by atoms with Crippen LogP contribution in [0.2, 0.25) is 0 Å². The Morgan fingerprint density at radius 3 is 2.46 bits per heavy atom. The second-order valence-electron chi connectivity index (χ2n) is 5.74. The minimum Gasteiger partial charge on any atom is -0.459 e. The molecule has 0 saturated carbocycles. The Morgan fingerprint density at radius 1 is 1.00 bits per heavy atom. The molecule has 0 aliphatic carbocycles. The molecule has 0 aliphatic heterocycles. The van der Waals surface area contributed by atoms with Crippen molar-refractivity contribution < 1.29 is 13.5 Å². The van der Waals surface area contributed by atoms with E-state index in [-0.39, 0.29) is 24.3 Å². The maximum Gasteiger partial charge on any atom is 0.318 e. The van der Waals surface area contributed by atoms with E-state index >= 15 is 0 Å². The summed E-state index contributed by atoms with van der Waals surface area (Å²) in [5, 5.41) is 2.99. The molecule has 134 valence electrons. The fraction of sp³-hybridized carbons (Fsp3) is 0.200. The molecule has 0 bridgehead atoms. The van der Waals surface area contributed by atoms with Crippen LogP contribution in [0.25, 0.3) is 0 Å². The number of nitrogens with one attached hydrogen (secondary N) is 1. The first-order valence-electron chi connectivity index (χ1n) is 8.36. The Balaban J connectivity index is 1.66. The minimum absolute atomic E-state index is 0.0574. The number of ether oxygens (including phenoxy) is 1. The van der Waals surface area contributed by atoms with Crippen LogP contribution in [0.15, 0.2) is 54.7 Å². The van der Waals surface area contributed by atoms with Gasteiger partial charge in [-0.15, -0.1) is 0 Å². The molecule has 4 nitrogen and oxygen atoms in total. The zero-order valence-electron chi connectivity index (χ0n) is 14.4. The van der Waals surface area contributed by atoms with E-state index in [9.17, 15) is 8.78 Å². The number of aryl methyl sites for hydroxylation is 1. The summed E-state index contributed by atoms with van der Waals surface area (Å²) in [7, 11) is 0. The van der Waals surface area contributed by atoms with Gasteiger partial charge in [-0.1, -0.05) is 43.3 Å². The molecule has 1 aromatic heterocycles. The predicted molar refractivity (Wildman–Crippen MR) is 95.9 cm³/mol. The van der Waals surface area contributed by atoms with Gasteiger partial charge in [-0.25, -0.2) is 13.8 Å². The Bertz CT molecular complexity index is 869. The Morgan fingerprint density at radius 2 is 1.73 bits per heavy atom. The van der Waals surface area contributed by atoms with Crippen molar-refractivity contribution in [3.05, 3.63) is 83.1 Å². The van der Waals surface area contributed by atoms with E-state index in [1.54, 1.807) is 12.1 Å². The number of nitrogens with zero attached hydrogens (tertiary/aromatic N) is 2. The van der Waals surface area contributed by atoms with Crippen LogP contribution in [0.1, 0.15) is 23.6 Å². The quantitative estimate of drug-likeness (QED) is 0.677. The third kappa shape index (κ3) is 4.53. The van der Waals surface area contributed by atoms with Gasteiger partial charge in [-0.3, -0.25) is 0 Å².